The van der Waals surface area contributed by atoms with E-state index in [1.165, 1.54) is 14.2 Å². The molecule has 1 heterocycles. The number of amides is 1. The number of fused-ring (bicyclic) bond motifs is 1. The first-order valence-corrected chi connectivity index (χ1v) is 8.37. The second kappa shape index (κ2) is 7.47. The second-order valence-corrected chi connectivity index (χ2v) is 5.98. The zero-order valence-electron chi connectivity index (χ0n) is 15.0. The lowest BCUT2D eigenvalue weighted by molar-refractivity contribution is -0.126. The van der Waals surface area contributed by atoms with Crippen molar-refractivity contribution < 1.29 is 23.8 Å². The van der Waals surface area contributed by atoms with Crippen molar-refractivity contribution in [3.8, 4) is 11.5 Å². The van der Waals surface area contributed by atoms with Crippen molar-refractivity contribution >= 4 is 17.6 Å². The molecule has 0 bridgehead atoms. The van der Waals surface area contributed by atoms with E-state index in [4.69, 9.17) is 14.2 Å². The zero-order chi connectivity index (χ0) is 18.7. The van der Waals surface area contributed by atoms with Crippen LogP contribution in [0.4, 0.5) is 5.69 Å². The average molecular weight is 355 g/mol. The molecular weight excluding hydrogens is 334 g/mol. The second-order valence-electron chi connectivity index (χ2n) is 5.98. The van der Waals surface area contributed by atoms with Crippen LogP contribution in [0.25, 0.3) is 0 Å². The largest absolute Gasteiger partial charge is 0.497 e. The molecule has 6 heteroatoms. The standard InChI is InChI=1S/C20H21NO5/c1-13(19(22)21-11-10-14-6-4-5-7-17(14)21)26-20(23)16-9-8-15(24-2)12-18(16)25-3/h4-9,12-13H,10-11H2,1-3H3. The van der Waals surface area contributed by atoms with Gasteiger partial charge in [0.2, 0.25) is 0 Å². The zero-order valence-corrected chi connectivity index (χ0v) is 15.0. The number of benzene rings is 2. The monoisotopic (exact) mass is 355 g/mol. The van der Waals surface area contributed by atoms with E-state index >= 15 is 0 Å². The first kappa shape index (κ1) is 17.8. The van der Waals surface area contributed by atoms with Crippen molar-refractivity contribution in [2.24, 2.45) is 0 Å². The average Bonchev–Trinajstić information content (AvgIpc) is 3.10. The Balaban J connectivity index is 1.73. The summed E-state index contributed by atoms with van der Waals surface area (Å²) in [5.41, 5.74) is 2.24. The van der Waals surface area contributed by atoms with Gasteiger partial charge in [-0.2, -0.15) is 0 Å². The van der Waals surface area contributed by atoms with Gasteiger partial charge in [0.15, 0.2) is 6.10 Å². The van der Waals surface area contributed by atoms with Crippen molar-refractivity contribution in [1.82, 2.24) is 0 Å². The predicted octanol–water partition coefficient (Wildman–Crippen LogP) is 2.84. The molecule has 0 spiro atoms. The fourth-order valence-corrected chi connectivity index (χ4v) is 3.03. The first-order chi connectivity index (χ1) is 12.5. The summed E-state index contributed by atoms with van der Waals surface area (Å²) in [6, 6.07) is 12.5. The Kier molecular flexibility index (Phi) is 5.11. The molecule has 1 amide bonds. The molecule has 3 rings (SSSR count). The van der Waals surface area contributed by atoms with Gasteiger partial charge in [-0.3, -0.25) is 4.79 Å². The van der Waals surface area contributed by atoms with E-state index in [-0.39, 0.29) is 11.5 Å². The molecule has 1 atom stereocenters. The summed E-state index contributed by atoms with van der Waals surface area (Å²) in [5, 5.41) is 0. The highest BCUT2D eigenvalue weighted by Gasteiger charge is 2.30. The fraction of sp³-hybridized carbons (Fsp3) is 0.300. The van der Waals surface area contributed by atoms with Gasteiger partial charge in [0.1, 0.15) is 17.1 Å². The molecule has 0 fully saturated rings. The summed E-state index contributed by atoms with van der Waals surface area (Å²) in [5.74, 6) is 0.0466. The van der Waals surface area contributed by atoms with Gasteiger partial charge in [0.25, 0.3) is 5.91 Å². The number of hydrogen-bond acceptors (Lipinski definition) is 5. The van der Waals surface area contributed by atoms with Crippen molar-refractivity contribution in [3.05, 3.63) is 53.6 Å². The van der Waals surface area contributed by atoms with E-state index in [0.717, 1.165) is 17.7 Å². The number of ether oxygens (including phenoxy) is 3. The molecule has 2 aromatic rings. The summed E-state index contributed by atoms with van der Waals surface area (Å²) < 4.78 is 15.7. The third kappa shape index (κ3) is 3.35. The Morgan fingerprint density at radius 1 is 1.08 bits per heavy atom. The van der Waals surface area contributed by atoms with Gasteiger partial charge in [-0.1, -0.05) is 18.2 Å². The third-order valence-electron chi connectivity index (χ3n) is 4.41. The number of carbonyl (C=O) groups is 2. The molecule has 0 saturated carbocycles. The Bertz CT molecular complexity index is 833. The number of hydrogen-bond donors (Lipinski definition) is 0. The fourth-order valence-electron chi connectivity index (χ4n) is 3.03. The maximum atomic E-state index is 12.7. The molecule has 0 aliphatic carbocycles. The topological polar surface area (TPSA) is 65.1 Å². The normalized spacial score (nSPS) is 13.7. The minimum Gasteiger partial charge on any atom is -0.497 e. The van der Waals surface area contributed by atoms with E-state index < -0.39 is 12.1 Å². The molecule has 6 nitrogen and oxygen atoms in total. The van der Waals surface area contributed by atoms with Gasteiger partial charge >= 0.3 is 5.97 Å². The Morgan fingerprint density at radius 3 is 2.58 bits per heavy atom. The lowest BCUT2D eigenvalue weighted by Gasteiger charge is -2.22. The van der Waals surface area contributed by atoms with Crippen molar-refractivity contribution in [2.45, 2.75) is 19.4 Å². The number of carbonyl (C=O) groups excluding carboxylic acids is 2. The molecule has 1 unspecified atom stereocenters. The van der Waals surface area contributed by atoms with Crippen LogP contribution in [-0.4, -0.2) is 38.7 Å². The van der Waals surface area contributed by atoms with Gasteiger partial charge in [-0.15, -0.1) is 0 Å². The van der Waals surface area contributed by atoms with Gasteiger partial charge in [0, 0.05) is 18.3 Å². The van der Waals surface area contributed by atoms with Crippen molar-refractivity contribution in [1.29, 1.82) is 0 Å². The predicted molar refractivity (Wildman–Crippen MR) is 96.9 cm³/mol. The number of esters is 1. The number of anilines is 1. The molecule has 0 aromatic heterocycles. The lowest BCUT2D eigenvalue weighted by Crippen LogP contribution is -2.39. The molecular formula is C20H21NO5. The summed E-state index contributed by atoms with van der Waals surface area (Å²) >= 11 is 0. The molecule has 136 valence electrons. The highest BCUT2D eigenvalue weighted by atomic mass is 16.5. The van der Waals surface area contributed by atoms with Gasteiger partial charge < -0.3 is 19.1 Å². The number of nitrogens with zero attached hydrogens (tertiary/aromatic N) is 1. The smallest absolute Gasteiger partial charge is 0.342 e. The molecule has 1 aliphatic heterocycles. The quantitative estimate of drug-likeness (QED) is 0.772. The van der Waals surface area contributed by atoms with E-state index in [0.29, 0.717) is 18.0 Å². The summed E-state index contributed by atoms with van der Waals surface area (Å²) in [7, 11) is 2.99. The molecule has 1 aliphatic rings. The summed E-state index contributed by atoms with van der Waals surface area (Å²) in [4.78, 5) is 26.9. The van der Waals surface area contributed by atoms with Crippen molar-refractivity contribution in [2.75, 3.05) is 25.7 Å². The van der Waals surface area contributed by atoms with E-state index in [2.05, 4.69) is 0 Å². The van der Waals surface area contributed by atoms with Crippen LogP contribution in [0, 0.1) is 0 Å². The molecule has 0 radical (unpaired) electrons. The molecule has 0 saturated heterocycles. The lowest BCUT2D eigenvalue weighted by atomic mass is 10.2. The van der Waals surface area contributed by atoms with Gasteiger partial charge in [-0.05, 0) is 37.1 Å². The molecule has 26 heavy (non-hydrogen) atoms. The van der Waals surface area contributed by atoms with Crippen LogP contribution in [0.5, 0.6) is 11.5 Å². The Hall–Kier alpha value is -3.02. The number of para-hydroxylation sites is 1. The Labute approximate surface area is 152 Å². The highest BCUT2D eigenvalue weighted by Crippen LogP contribution is 2.29. The van der Waals surface area contributed by atoms with Gasteiger partial charge in [-0.25, -0.2) is 4.79 Å². The SMILES string of the molecule is COc1ccc(C(=O)OC(C)C(=O)N2CCc3ccccc32)c(OC)c1. The summed E-state index contributed by atoms with van der Waals surface area (Å²) in [6.45, 7) is 2.17. The van der Waals surface area contributed by atoms with Crippen LogP contribution < -0.4 is 14.4 Å². The number of methoxy groups -OCH3 is 2. The van der Waals surface area contributed by atoms with E-state index in [1.54, 1.807) is 30.0 Å². The first-order valence-electron chi connectivity index (χ1n) is 8.37. The van der Waals surface area contributed by atoms with E-state index in [1.807, 2.05) is 24.3 Å². The minimum absolute atomic E-state index is 0.240. The van der Waals surface area contributed by atoms with Crippen LogP contribution in [0.3, 0.4) is 0 Å². The summed E-state index contributed by atoms with van der Waals surface area (Å²) in [6.07, 6.45) is -0.102. The minimum atomic E-state index is -0.902. The Morgan fingerprint density at radius 2 is 1.85 bits per heavy atom. The van der Waals surface area contributed by atoms with Crippen LogP contribution in [-0.2, 0) is 16.0 Å². The van der Waals surface area contributed by atoms with Gasteiger partial charge in [0.05, 0.1) is 14.2 Å². The van der Waals surface area contributed by atoms with Crippen LogP contribution in [0.15, 0.2) is 42.5 Å². The number of rotatable bonds is 5. The van der Waals surface area contributed by atoms with Crippen LogP contribution in [0.2, 0.25) is 0 Å². The van der Waals surface area contributed by atoms with Crippen LogP contribution in [0.1, 0.15) is 22.8 Å². The van der Waals surface area contributed by atoms with Crippen LogP contribution >= 0.6 is 0 Å². The maximum absolute atomic E-state index is 12.7. The molecule has 0 N–H and O–H groups in total. The maximum Gasteiger partial charge on any atom is 0.342 e. The van der Waals surface area contributed by atoms with E-state index in [9.17, 15) is 9.59 Å². The molecule has 2 aromatic carbocycles. The highest BCUT2D eigenvalue weighted by molar-refractivity contribution is 6.01. The third-order valence-corrected chi connectivity index (χ3v) is 4.41. The van der Waals surface area contributed by atoms with Crippen molar-refractivity contribution in [3.63, 3.8) is 0 Å².